The molecule has 2 aromatic carbocycles. The smallest absolute Gasteiger partial charge is 0.254 e. The fourth-order valence-corrected chi connectivity index (χ4v) is 4.03. The second-order valence-electron chi connectivity index (χ2n) is 6.61. The maximum absolute atomic E-state index is 13.3. The molecule has 0 bridgehead atoms. The van der Waals surface area contributed by atoms with Crippen molar-refractivity contribution in [2.24, 2.45) is 0 Å². The number of H-pyrrole nitrogens is 1. The van der Waals surface area contributed by atoms with Crippen molar-refractivity contribution < 1.29 is 4.79 Å². The molecule has 4 nitrogen and oxygen atoms in total. The van der Waals surface area contributed by atoms with Gasteiger partial charge in [0.05, 0.1) is 11.1 Å². The van der Waals surface area contributed by atoms with Crippen LogP contribution in [-0.4, -0.2) is 27.3 Å². The first-order valence-electron chi connectivity index (χ1n) is 8.64. The van der Waals surface area contributed by atoms with Gasteiger partial charge in [0, 0.05) is 47.1 Å². The van der Waals surface area contributed by atoms with Crippen LogP contribution in [0.2, 0.25) is 5.15 Å². The van der Waals surface area contributed by atoms with Gasteiger partial charge >= 0.3 is 0 Å². The number of halogens is 1. The lowest BCUT2D eigenvalue weighted by atomic mass is 10.0. The van der Waals surface area contributed by atoms with Crippen molar-refractivity contribution in [1.82, 2.24) is 14.9 Å². The molecule has 26 heavy (non-hydrogen) atoms. The molecule has 0 unspecified atom stereocenters. The van der Waals surface area contributed by atoms with E-state index in [2.05, 4.69) is 22.1 Å². The molecular formula is C21H16ClN3O. The van der Waals surface area contributed by atoms with Crippen molar-refractivity contribution in [1.29, 1.82) is 0 Å². The highest BCUT2D eigenvalue weighted by Crippen LogP contribution is 2.29. The lowest BCUT2D eigenvalue weighted by molar-refractivity contribution is 0.0737. The van der Waals surface area contributed by atoms with Gasteiger partial charge in [-0.2, -0.15) is 0 Å². The van der Waals surface area contributed by atoms with Crippen LogP contribution in [0.3, 0.4) is 0 Å². The molecular weight excluding hydrogens is 346 g/mol. The van der Waals surface area contributed by atoms with E-state index in [0.29, 0.717) is 23.8 Å². The van der Waals surface area contributed by atoms with Crippen LogP contribution in [0, 0.1) is 0 Å². The number of carbonyl (C=O) groups is 1. The highest BCUT2D eigenvalue weighted by Gasteiger charge is 2.26. The summed E-state index contributed by atoms with van der Waals surface area (Å²) in [4.78, 5) is 23.0. The number of nitrogens with one attached hydrogen (secondary N) is 1. The Morgan fingerprint density at radius 3 is 2.73 bits per heavy atom. The standard InChI is InChI=1S/C21H16ClN3O/c22-20-11-15(13-5-1-4-8-18(13)24-20)21(26)25-10-9-19-16(12-25)14-6-2-3-7-17(14)23-19/h1-8,11,23H,9-10,12H2. The first-order valence-corrected chi connectivity index (χ1v) is 9.01. The molecule has 2 aromatic heterocycles. The minimum atomic E-state index is 0.00133. The van der Waals surface area contributed by atoms with Gasteiger partial charge in [0.25, 0.3) is 5.91 Å². The second kappa shape index (κ2) is 5.85. The van der Waals surface area contributed by atoms with E-state index in [-0.39, 0.29) is 5.91 Å². The summed E-state index contributed by atoms with van der Waals surface area (Å²) >= 11 is 6.16. The van der Waals surface area contributed by atoms with Gasteiger partial charge in [-0.15, -0.1) is 0 Å². The van der Waals surface area contributed by atoms with Gasteiger partial charge in [0.15, 0.2) is 0 Å². The summed E-state index contributed by atoms with van der Waals surface area (Å²) < 4.78 is 0. The molecule has 1 amide bonds. The van der Waals surface area contributed by atoms with Crippen molar-refractivity contribution >= 4 is 39.3 Å². The summed E-state index contributed by atoms with van der Waals surface area (Å²) in [5.74, 6) is 0.00133. The van der Waals surface area contributed by atoms with Gasteiger partial charge in [0.2, 0.25) is 0 Å². The van der Waals surface area contributed by atoms with Crippen LogP contribution in [0.15, 0.2) is 54.6 Å². The number of hydrogen-bond acceptors (Lipinski definition) is 2. The third-order valence-electron chi connectivity index (χ3n) is 5.09. The molecule has 5 rings (SSSR count). The number of rotatable bonds is 1. The molecule has 1 N–H and O–H groups in total. The zero-order valence-electron chi connectivity index (χ0n) is 14.0. The van der Waals surface area contributed by atoms with Crippen molar-refractivity contribution in [3.63, 3.8) is 0 Å². The van der Waals surface area contributed by atoms with Crippen molar-refractivity contribution in [2.75, 3.05) is 6.54 Å². The molecule has 0 saturated carbocycles. The van der Waals surface area contributed by atoms with Gasteiger partial charge in [-0.25, -0.2) is 4.98 Å². The highest BCUT2D eigenvalue weighted by atomic mass is 35.5. The minimum Gasteiger partial charge on any atom is -0.358 e. The van der Waals surface area contributed by atoms with E-state index < -0.39 is 0 Å². The Bertz CT molecular complexity index is 1160. The fraction of sp³-hybridized carbons (Fsp3) is 0.143. The zero-order valence-corrected chi connectivity index (χ0v) is 14.8. The number of fused-ring (bicyclic) bond motifs is 4. The largest absolute Gasteiger partial charge is 0.358 e. The summed E-state index contributed by atoms with van der Waals surface area (Å²) in [5, 5.41) is 2.38. The van der Waals surface area contributed by atoms with Gasteiger partial charge < -0.3 is 9.88 Å². The minimum absolute atomic E-state index is 0.00133. The average Bonchev–Trinajstić information content (AvgIpc) is 3.04. The quantitative estimate of drug-likeness (QED) is 0.505. The molecule has 1 aliphatic heterocycles. The molecule has 0 fully saturated rings. The second-order valence-corrected chi connectivity index (χ2v) is 7.00. The Morgan fingerprint density at radius 2 is 1.85 bits per heavy atom. The third-order valence-corrected chi connectivity index (χ3v) is 5.28. The Balaban J connectivity index is 1.56. The van der Waals surface area contributed by atoms with E-state index in [1.165, 1.54) is 16.6 Å². The number of benzene rings is 2. The van der Waals surface area contributed by atoms with E-state index >= 15 is 0 Å². The predicted molar refractivity (Wildman–Crippen MR) is 103 cm³/mol. The Labute approximate surface area is 155 Å². The van der Waals surface area contributed by atoms with E-state index in [0.717, 1.165) is 22.8 Å². The van der Waals surface area contributed by atoms with Gasteiger partial charge in [-0.3, -0.25) is 4.79 Å². The number of hydrogen-bond donors (Lipinski definition) is 1. The number of carbonyl (C=O) groups excluding carboxylic acids is 1. The van der Waals surface area contributed by atoms with E-state index in [9.17, 15) is 4.79 Å². The summed E-state index contributed by atoms with van der Waals surface area (Å²) in [6.07, 6.45) is 0.826. The molecule has 0 radical (unpaired) electrons. The van der Waals surface area contributed by atoms with Crippen LogP contribution in [0.4, 0.5) is 0 Å². The van der Waals surface area contributed by atoms with Crippen LogP contribution in [0.1, 0.15) is 21.6 Å². The average molecular weight is 362 g/mol. The number of para-hydroxylation sites is 2. The topological polar surface area (TPSA) is 49.0 Å². The molecule has 128 valence electrons. The highest BCUT2D eigenvalue weighted by molar-refractivity contribution is 6.30. The van der Waals surface area contributed by atoms with Crippen LogP contribution < -0.4 is 0 Å². The molecule has 0 aliphatic carbocycles. The molecule has 4 aromatic rings. The predicted octanol–water partition coefficient (Wildman–Crippen LogP) is 4.57. The number of aromatic amines is 1. The molecule has 0 saturated heterocycles. The number of pyridine rings is 1. The normalized spacial score (nSPS) is 14.0. The number of aromatic nitrogens is 2. The van der Waals surface area contributed by atoms with Crippen LogP contribution >= 0.6 is 11.6 Å². The number of amides is 1. The maximum Gasteiger partial charge on any atom is 0.254 e. The van der Waals surface area contributed by atoms with Crippen LogP contribution in [0.25, 0.3) is 21.8 Å². The van der Waals surface area contributed by atoms with Crippen molar-refractivity contribution in [2.45, 2.75) is 13.0 Å². The van der Waals surface area contributed by atoms with Crippen molar-refractivity contribution in [3.05, 3.63) is 76.6 Å². The van der Waals surface area contributed by atoms with Crippen molar-refractivity contribution in [3.8, 4) is 0 Å². The lowest BCUT2D eigenvalue weighted by Crippen LogP contribution is -2.36. The summed E-state index contributed by atoms with van der Waals surface area (Å²) in [7, 11) is 0. The zero-order chi connectivity index (χ0) is 17.7. The Morgan fingerprint density at radius 1 is 1.08 bits per heavy atom. The SMILES string of the molecule is O=C(c1cc(Cl)nc2ccccc12)N1CCc2[nH]c3ccccc3c2C1. The lowest BCUT2D eigenvalue weighted by Gasteiger charge is -2.27. The molecule has 3 heterocycles. The Kier molecular flexibility index (Phi) is 3.47. The molecule has 5 heteroatoms. The van der Waals surface area contributed by atoms with E-state index in [1.807, 2.05) is 41.3 Å². The van der Waals surface area contributed by atoms with Crippen LogP contribution in [0.5, 0.6) is 0 Å². The third kappa shape index (κ3) is 2.37. The Hall–Kier alpha value is -2.85. The summed E-state index contributed by atoms with van der Waals surface area (Å²) in [6, 6.07) is 17.6. The van der Waals surface area contributed by atoms with Gasteiger partial charge in [-0.05, 0) is 18.2 Å². The van der Waals surface area contributed by atoms with Gasteiger partial charge in [-0.1, -0.05) is 48.0 Å². The fourth-order valence-electron chi connectivity index (χ4n) is 3.83. The maximum atomic E-state index is 13.3. The molecule has 0 spiro atoms. The van der Waals surface area contributed by atoms with Crippen LogP contribution in [-0.2, 0) is 13.0 Å². The first-order chi connectivity index (χ1) is 12.7. The summed E-state index contributed by atoms with van der Waals surface area (Å²) in [5.41, 5.74) is 4.93. The molecule has 1 aliphatic rings. The number of nitrogens with zero attached hydrogens (tertiary/aromatic N) is 2. The first kappa shape index (κ1) is 15.4. The summed E-state index contributed by atoms with van der Waals surface area (Å²) in [6.45, 7) is 1.29. The van der Waals surface area contributed by atoms with Gasteiger partial charge in [0.1, 0.15) is 5.15 Å². The molecule has 0 atom stereocenters. The van der Waals surface area contributed by atoms with E-state index in [4.69, 9.17) is 11.6 Å². The van der Waals surface area contributed by atoms with E-state index in [1.54, 1.807) is 6.07 Å². The monoisotopic (exact) mass is 361 g/mol.